The Balaban J connectivity index is 2.21. The molecule has 1 aromatic carbocycles. The van der Waals surface area contributed by atoms with Gasteiger partial charge in [-0.15, -0.1) is 0 Å². The standard InChI is InChI=1S/C16H25N3O5S/c1-12-4-5-15(19(20)21)16(13(12)2)25(22,23)18-9-6-14(7-10-18)24-11-3-8-17/h4-5,14H,3,6-11,17H2,1-2H3. The second-order valence-corrected chi connectivity index (χ2v) is 8.10. The Kier molecular flexibility index (Phi) is 6.50. The Bertz CT molecular complexity index is 728. The Morgan fingerprint density at radius 1 is 1.32 bits per heavy atom. The van der Waals surface area contributed by atoms with Crippen LogP contribution in [0.2, 0.25) is 0 Å². The molecule has 1 aliphatic rings. The molecule has 25 heavy (non-hydrogen) atoms. The molecular formula is C16H25N3O5S. The smallest absolute Gasteiger partial charge is 0.289 e. The van der Waals surface area contributed by atoms with Crippen molar-refractivity contribution in [3.63, 3.8) is 0 Å². The maximum Gasteiger partial charge on any atom is 0.289 e. The van der Waals surface area contributed by atoms with Crippen LogP contribution in [0.1, 0.15) is 30.4 Å². The van der Waals surface area contributed by atoms with Gasteiger partial charge in [0, 0.05) is 25.8 Å². The van der Waals surface area contributed by atoms with Gasteiger partial charge in [-0.2, -0.15) is 4.31 Å². The largest absolute Gasteiger partial charge is 0.378 e. The minimum atomic E-state index is -3.92. The molecule has 0 radical (unpaired) electrons. The summed E-state index contributed by atoms with van der Waals surface area (Å²) in [6.07, 6.45) is 1.92. The molecule has 2 rings (SSSR count). The molecular weight excluding hydrogens is 346 g/mol. The van der Waals surface area contributed by atoms with Crippen LogP contribution in [-0.2, 0) is 14.8 Å². The molecule has 0 amide bonds. The molecule has 1 saturated heterocycles. The van der Waals surface area contributed by atoms with Crippen LogP contribution in [0.4, 0.5) is 5.69 Å². The molecule has 0 aromatic heterocycles. The van der Waals surface area contributed by atoms with Crippen LogP contribution in [0.15, 0.2) is 17.0 Å². The summed E-state index contributed by atoms with van der Waals surface area (Å²) >= 11 is 0. The summed E-state index contributed by atoms with van der Waals surface area (Å²) in [5.41, 5.74) is 6.20. The molecule has 1 aliphatic heterocycles. The number of rotatable bonds is 7. The fourth-order valence-corrected chi connectivity index (χ4v) is 4.85. The van der Waals surface area contributed by atoms with Crippen LogP contribution in [0.25, 0.3) is 0 Å². The summed E-state index contributed by atoms with van der Waals surface area (Å²) in [4.78, 5) is 10.5. The first kappa shape index (κ1) is 19.8. The average molecular weight is 371 g/mol. The van der Waals surface area contributed by atoms with Crippen molar-refractivity contribution >= 4 is 15.7 Å². The average Bonchev–Trinajstić information content (AvgIpc) is 2.57. The minimum absolute atomic E-state index is 0.00610. The highest BCUT2D eigenvalue weighted by molar-refractivity contribution is 7.89. The van der Waals surface area contributed by atoms with Gasteiger partial charge in [0.2, 0.25) is 10.0 Å². The van der Waals surface area contributed by atoms with E-state index in [1.807, 2.05) is 0 Å². The van der Waals surface area contributed by atoms with Crippen LogP contribution in [0.5, 0.6) is 0 Å². The molecule has 1 fully saturated rings. The Labute approximate surface area is 148 Å². The number of hydrogen-bond donors (Lipinski definition) is 1. The maximum absolute atomic E-state index is 13.0. The molecule has 0 unspecified atom stereocenters. The number of sulfonamides is 1. The highest BCUT2D eigenvalue weighted by Gasteiger charge is 2.36. The van der Waals surface area contributed by atoms with E-state index in [-0.39, 0.29) is 16.7 Å². The molecule has 0 aliphatic carbocycles. The normalized spacial score (nSPS) is 16.9. The molecule has 0 saturated carbocycles. The van der Waals surface area contributed by atoms with Crippen molar-refractivity contribution in [2.24, 2.45) is 5.73 Å². The second kappa shape index (κ2) is 8.22. The van der Waals surface area contributed by atoms with Gasteiger partial charge in [0.15, 0.2) is 4.90 Å². The van der Waals surface area contributed by atoms with Gasteiger partial charge in [0.1, 0.15) is 0 Å². The minimum Gasteiger partial charge on any atom is -0.378 e. The van der Waals surface area contributed by atoms with Crippen LogP contribution < -0.4 is 5.73 Å². The lowest BCUT2D eigenvalue weighted by molar-refractivity contribution is -0.388. The number of piperidine rings is 1. The summed E-state index contributed by atoms with van der Waals surface area (Å²) in [5, 5.41) is 11.3. The molecule has 140 valence electrons. The predicted molar refractivity (Wildman–Crippen MR) is 94.0 cm³/mol. The van der Waals surface area contributed by atoms with Crippen molar-refractivity contribution in [1.82, 2.24) is 4.31 Å². The lowest BCUT2D eigenvalue weighted by Crippen LogP contribution is -2.41. The summed E-state index contributed by atoms with van der Waals surface area (Å²) < 4.78 is 33.0. The lowest BCUT2D eigenvalue weighted by Gasteiger charge is -2.31. The van der Waals surface area contributed by atoms with Crippen molar-refractivity contribution < 1.29 is 18.1 Å². The third-order valence-corrected chi connectivity index (χ3v) is 6.63. The zero-order chi connectivity index (χ0) is 18.6. The Morgan fingerprint density at radius 3 is 2.52 bits per heavy atom. The molecule has 0 bridgehead atoms. The van der Waals surface area contributed by atoms with E-state index in [2.05, 4.69) is 0 Å². The highest BCUT2D eigenvalue weighted by Crippen LogP contribution is 2.33. The molecule has 2 N–H and O–H groups in total. The first-order valence-electron chi connectivity index (χ1n) is 8.35. The van der Waals surface area contributed by atoms with Crippen LogP contribution in [0, 0.1) is 24.0 Å². The van der Waals surface area contributed by atoms with Gasteiger partial charge in [-0.3, -0.25) is 10.1 Å². The van der Waals surface area contributed by atoms with Gasteiger partial charge in [0.05, 0.1) is 11.0 Å². The van der Waals surface area contributed by atoms with E-state index >= 15 is 0 Å². The number of benzene rings is 1. The molecule has 0 atom stereocenters. The summed E-state index contributed by atoms with van der Waals surface area (Å²) in [5.74, 6) is 0. The predicted octanol–water partition coefficient (Wildman–Crippen LogP) is 1.73. The fourth-order valence-electron chi connectivity index (χ4n) is 2.95. The Morgan fingerprint density at radius 2 is 1.96 bits per heavy atom. The molecule has 0 spiro atoms. The van der Waals surface area contributed by atoms with Crippen molar-refractivity contribution in [1.29, 1.82) is 0 Å². The highest BCUT2D eigenvalue weighted by atomic mass is 32.2. The van der Waals surface area contributed by atoms with Gasteiger partial charge in [-0.1, -0.05) is 6.07 Å². The van der Waals surface area contributed by atoms with Gasteiger partial charge < -0.3 is 10.5 Å². The number of nitrogens with zero attached hydrogens (tertiary/aromatic N) is 2. The molecule has 9 heteroatoms. The van der Waals surface area contributed by atoms with Gasteiger partial charge in [-0.05, 0) is 50.8 Å². The lowest BCUT2D eigenvalue weighted by atomic mass is 10.1. The van der Waals surface area contributed by atoms with E-state index in [0.717, 1.165) is 6.42 Å². The van der Waals surface area contributed by atoms with Crippen molar-refractivity contribution in [3.8, 4) is 0 Å². The number of aryl methyl sites for hydroxylation is 1. The number of nitro groups is 1. The molecule has 1 aromatic rings. The van der Waals surface area contributed by atoms with E-state index in [0.29, 0.717) is 50.2 Å². The second-order valence-electron chi connectivity index (χ2n) is 6.23. The van der Waals surface area contributed by atoms with E-state index in [4.69, 9.17) is 10.5 Å². The van der Waals surface area contributed by atoms with Crippen LogP contribution in [0.3, 0.4) is 0 Å². The van der Waals surface area contributed by atoms with Crippen molar-refractivity contribution in [3.05, 3.63) is 33.4 Å². The van der Waals surface area contributed by atoms with Gasteiger partial charge >= 0.3 is 0 Å². The maximum atomic E-state index is 13.0. The van der Waals surface area contributed by atoms with Crippen LogP contribution in [-0.4, -0.2) is 50.0 Å². The number of ether oxygens (including phenoxy) is 1. The number of hydrogen-bond acceptors (Lipinski definition) is 6. The quantitative estimate of drug-likeness (QED) is 0.443. The topological polar surface area (TPSA) is 116 Å². The first-order valence-corrected chi connectivity index (χ1v) is 9.79. The molecule has 1 heterocycles. The monoisotopic (exact) mass is 371 g/mol. The summed E-state index contributed by atoms with van der Waals surface area (Å²) in [6, 6.07) is 2.84. The molecule has 8 nitrogen and oxygen atoms in total. The van der Waals surface area contributed by atoms with E-state index < -0.39 is 14.9 Å². The zero-order valence-electron chi connectivity index (χ0n) is 14.6. The SMILES string of the molecule is Cc1ccc([N+](=O)[O-])c(S(=O)(=O)N2CCC(OCCCN)CC2)c1C. The van der Waals surface area contributed by atoms with E-state index in [1.165, 1.54) is 10.4 Å². The number of nitro benzene ring substituents is 1. The van der Waals surface area contributed by atoms with Gasteiger partial charge in [-0.25, -0.2) is 8.42 Å². The summed E-state index contributed by atoms with van der Waals surface area (Å²) in [7, 11) is -3.92. The fraction of sp³-hybridized carbons (Fsp3) is 0.625. The Hall–Kier alpha value is -1.55. The van der Waals surface area contributed by atoms with Crippen molar-refractivity contribution in [2.75, 3.05) is 26.2 Å². The zero-order valence-corrected chi connectivity index (χ0v) is 15.4. The van der Waals surface area contributed by atoms with Crippen molar-refractivity contribution in [2.45, 2.75) is 44.1 Å². The third kappa shape index (κ3) is 4.35. The first-order chi connectivity index (χ1) is 11.8. The van der Waals surface area contributed by atoms with Gasteiger partial charge in [0.25, 0.3) is 5.69 Å². The number of nitrogens with two attached hydrogens (primary N) is 1. The van der Waals surface area contributed by atoms with Crippen LogP contribution >= 0.6 is 0 Å². The summed E-state index contributed by atoms with van der Waals surface area (Å²) in [6.45, 7) is 5.06. The van der Waals surface area contributed by atoms with E-state index in [1.54, 1.807) is 19.9 Å². The van der Waals surface area contributed by atoms with E-state index in [9.17, 15) is 18.5 Å². The third-order valence-electron chi connectivity index (χ3n) is 4.55.